The van der Waals surface area contributed by atoms with Crippen LogP contribution in [0, 0.1) is 11.8 Å². The Hall–Kier alpha value is -1.88. The van der Waals surface area contributed by atoms with Crippen molar-refractivity contribution >= 4 is 5.84 Å². The molecular formula is C18H27FN4. The SMILES string of the molecule is C=C(CCC1=CC1C(C)N1C=CC(N)=NC1=C)C(NF)C(C)C. The number of amidine groups is 1. The second-order valence-corrected chi connectivity index (χ2v) is 6.67. The van der Waals surface area contributed by atoms with Gasteiger partial charge in [0.25, 0.3) is 0 Å². The lowest BCUT2D eigenvalue weighted by Gasteiger charge is -2.30. The maximum absolute atomic E-state index is 12.8. The topological polar surface area (TPSA) is 53.6 Å². The maximum atomic E-state index is 12.8. The molecule has 0 aromatic heterocycles. The van der Waals surface area contributed by atoms with Crippen molar-refractivity contribution in [3.05, 3.63) is 48.5 Å². The van der Waals surface area contributed by atoms with Crippen LogP contribution in [-0.4, -0.2) is 22.8 Å². The summed E-state index contributed by atoms with van der Waals surface area (Å²) >= 11 is 0. The summed E-state index contributed by atoms with van der Waals surface area (Å²) in [6, 6.07) is -0.00796. The van der Waals surface area contributed by atoms with Gasteiger partial charge in [0, 0.05) is 18.2 Å². The van der Waals surface area contributed by atoms with Crippen molar-refractivity contribution in [2.75, 3.05) is 0 Å². The van der Waals surface area contributed by atoms with Crippen LogP contribution in [0.4, 0.5) is 4.48 Å². The summed E-state index contributed by atoms with van der Waals surface area (Å²) < 4.78 is 12.8. The second-order valence-electron chi connectivity index (χ2n) is 6.67. The van der Waals surface area contributed by atoms with Gasteiger partial charge in [0.1, 0.15) is 11.7 Å². The molecule has 3 unspecified atom stereocenters. The highest BCUT2D eigenvalue weighted by Gasteiger charge is 2.34. The third-order valence-corrected chi connectivity index (χ3v) is 4.59. The summed E-state index contributed by atoms with van der Waals surface area (Å²) in [6.07, 6.45) is 7.70. The number of nitrogens with two attached hydrogens (primary N) is 1. The standard InChI is InChI=1S/C18H27FN4/c1-11(2)18(22-19)12(3)6-7-15-10-16(15)13(4)23-9-8-17(20)21-14(23)5/h8-11,13,16,18,22H,3,5-7H2,1-2,4H3,(H2,20,21). The van der Waals surface area contributed by atoms with Crippen LogP contribution in [0.2, 0.25) is 0 Å². The third kappa shape index (κ3) is 4.10. The molecule has 0 saturated carbocycles. The van der Waals surface area contributed by atoms with Crippen molar-refractivity contribution in [3.8, 4) is 0 Å². The molecule has 126 valence electrons. The van der Waals surface area contributed by atoms with E-state index in [0.717, 1.165) is 18.4 Å². The Morgan fingerprint density at radius 1 is 1.48 bits per heavy atom. The molecule has 0 amide bonds. The Labute approximate surface area is 138 Å². The second kappa shape index (κ2) is 7.13. The van der Waals surface area contributed by atoms with E-state index in [1.165, 1.54) is 5.57 Å². The molecule has 0 spiro atoms. The van der Waals surface area contributed by atoms with E-state index in [9.17, 15) is 4.48 Å². The minimum absolute atomic E-state index is 0.195. The van der Waals surface area contributed by atoms with E-state index in [-0.39, 0.29) is 18.0 Å². The van der Waals surface area contributed by atoms with Crippen molar-refractivity contribution in [1.82, 2.24) is 10.4 Å². The summed E-state index contributed by atoms with van der Waals surface area (Å²) in [5, 5.41) is 0. The Morgan fingerprint density at radius 3 is 2.74 bits per heavy atom. The van der Waals surface area contributed by atoms with Gasteiger partial charge >= 0.3 is 0 Å². The van der Waals surface area contributed by atoms with Crippen LogP contribution >= 0.6 is 0 Å². The van der Waals surface area contributed by atoms with Gasteiger partial charge in [0.2, 0.25) is 0 Å². The van der Waals surface area contributed by atoms with E-state index in [1.54, 1.807) is 6.08 Å². The van der Waals surface area contributed by atoms with E-state index >= 15 is 0 Å². The Kier molecular flexibility index (Phi) is 5.42. The Bertz CT molecular complexity index is 574. The minimum Gasteiger partial charge on any atom is -0.384 e. The molecule has 2 rings (SSSR count). The fourth-order valence-electron chi connectivity index (χ4n) is 3.05. The molecular weight excluding hydrogens is 291 g/mol. The lowest BCUT2D eigenvalue weighted by Crippen LogP contribution is -2.32. The van der Waals surface area contributed by atoms with Crippen LogP contribution in [0.15, 0.2) is 53.5 Å². The average molecular weight is 318 g/mol. The normalized spacial score (nSPS) is 22.7. The van der Waals surface area contributed by atoms with Gasteiger partial charge in [-0.25, -0.2) is 4.99 Å². The van der Waals surface area contributed by atoms with Crippen LogP contribution in [-0.2, 0) is 0 Å². The van der Waals surface area contributed by atoms with Crippen molar-refractivity contribution in [2.24, 2.45) is 22.6 Å². The fourth-order valence-corrected chi connectivity index (χ4v) is 3.05. The maximum Gasteiger partial charge on any atom is 0.127 e. The van der Waals surface area contributed by atoms with Crippen LogP contribution in [0.1, 0.15) is 33.6 Å². The van der Waals surface area contributed by atoms with E-state index in [0.29, 0.717) is 17.6 Å². The molecule has 0 fully saturated rings. The van der Waals surface area contributed by atoms with E-state index in [4.69, 9.17) is 5.73 Å². The number of nitrogens with zero attached hydrogens (tertiary/aromatic N) is 2. The highest BCUT2D eigenvalue weighted by atomic mass is 19.2. The molecule has 5 heteroatoms. The van der Waals surface area contributed by atoms with Gasteiger partial charge in [-0.05, 0) is 31.8 Å². The number of nitrogens with one attached hydrogen (secondary N) is 1. The zero-order valence-corrected chi connectivity index (χ0v) is 14.2. The van der Waals surface area contributed by atoms with Crippen LogP contribution in [0.3, 0.4) is 0 Å². The predicted molar refractivity (Wildman–Crippen MR) is 94.0 cm³/mol. The molecule has 1 heterocycles. The van der Waals surface area contributed by atoms with Crippen LogP contribution in [0.5, 0.6) is 0 Å². The van der Waals surface area contributed by atoms with Gasteiger partial charge in [-0.2, -0.15) is 5.54 Å². The molecule has 1 aliphatic heterocycles. The monoisotopic (exact) mass is 318 g/mol. The summed E-state index contributed by atoms with van der Waals surface area (Å²) in [5.41, 5.74) is 9.85. The van der Waals surface area contributed by atoms with Crippen LogP contribution in [0.25, 0.3) is 0 Å². The fraction of sp³-hybridized carbons (Fsp3) is 0.500. The van der Waals surface area contributed by atoms with Gasteiger partial charge in [0.05, 0.1) is 6.04 Å². The third-order valence-electron chi connectivity index (χ3n) is 4.59. The Balaban J connectivity index is 1.81. The minimum atomic E-state index is -0.271. The molecule has 0 bridgehead atoms. The van der Waals surface area contributed by atoms with E-state index in [2.05, 4.69) is 31.2 Å². The summed E-state index contributed by atoms with van der Waals surface area (Å²) in [7, 11) is 0. The summed E-state index contributed by atoms with van der Waals surface area (Å²) in [6.45, 7) is 14.1. The van der Waals surface area contributed by atoms with E-state index in [1.807, 2.05) is 30.5 Å². The van der Waals surface area contributed by atoms with Crippen molar-refractivity contribution in [3.63, 3.8) is 0 Å². The van der Waals surface area contributed by atoms with Gasteiger partial charge in [-0.1, -0.05) is 44.2 Å². The molecule has 23 heavy (non-hydrogen) atoms. The molecule has 1 aliphatic carbocycles. The largest absolute Gasteiger partial charge is 0.384 e. The van der Waals surface area contributed by atoms with Gasteiger partial charge < -0.3 is 10.6 Å². The van der Waals surface area contributed by atoms with Gasteiger partial charge in [0.15, 0.2) is 0 Å². The number of halogens is 1. The number of hydrogen-bond donors (Lipinski definition) is 2. The molecule has 3 atom stereocenters. The van der Waals surface area contributed by atoms with Crippen LogP contribution < -0.4 is 11.3 Å². The van der Waals surface area contributed by atoms with Crippen molar-refractivity contribution in [1.29, 1.82) is 0 Å². The lowest BCUT2D eigenvalue weighted by molar-refractivity contribution is 0.250. The highest BCUT2D eigenvalue weighted by Crippen LogP contribution is 2.40. The van der Waals surface area contributed by atoms with Gasteiger partial charge in [-0.15, -0.1) is 4.48 Å². The molecule has 4 nitrogen and oxygen atoms in total. The van der Waals surface area contributed by atoms with E-state index < -0.39 is 0 Å². The zero-order chi connectivity index (χ0) is 17.1. The predicted octanol–water partition coefficient (Wildman–Crippen LogP) is 3.42. The number of hydrogen-bond acceptors (Lipinski definition) is 4. The first kappa shape index (κ1) is 17.5. The summed E-state index contributed by atoms with van der Waals surface area (Å²) in [5.74, 6) is 1.76. The highest BCUT2D eigenvalue weighted by molar-refractivity contribution is 5.92. The quantitative estimate of drug-likeness (QED) is 0.532. The number of rotatable bonds is 8. The molecule has 3 N–H and O–H groups in total. The number of aliphatic imine (C=N–C) groups is 1. The smallest absolute Gasteiger partial charge is 0.127 e. The molecule has 0 aromatic rings. The molecule has 0 radical (unpaired) electrons. The molecule has 0 saturated heterocycles. The average Bonchev–Trinajstić information content (AvgIpc) is 3.24. The Morgan fingerprint density at radius 2 is 2.17 bits per heavy atom. The van der Waals surface area contributed by atoms with Crippen molar-refractivity contribution < 1.29 is 4.48 Å². The summed E-state index contributed by atoms with van der Waals surface area (Å²) in [4.78, 5) is 6.24. The first-order valence-corrected chi connectivity index (χ1v) is 8.09. The van der Waals surface area contributed by atoms with Crippen molar-refractivity contribution in [2.45, 2.75) is 45.7 Å². The zero-order valence-electron chi connectivity index (χ0n) is 14.2. The molecule has 0 aromatic carbocycles. The lowest BCUT2D eigenvalue weighted by atomic mass is 9.93. The first-order chi connectivity index (χ1) is 10.8. The van der Waals surface area contributed by atoms with Gasteiger partial charge in [-0.3, -0.25) is 0 Å². The first-order valence-electron chi connectivity index (χ1n) is 8.09. The molecule has 2 aliphatic rings.